The number of nitrogens with zero attached hydrogens (tertiary/aromatic N) is 1. The van der Waals surface area contributed by atoms with E-state index in [1.807, 2.05) is 0 Å². The standard InChI is InChI=1S/C18H15FN2O4S/c1-24-18(23)17-13(8-9-26-17)21-15(22)6-7-16-20-10-14(25-16)11-4-2-3-5-12(11)19/h2-5,8-10H,6-7H2,1H3,(H,21,22). The molecule has 0 spiro atoms. The van der Waals surface area contributed by atoms with Crippen LogP contribution in [0, 0.1) is 5.82 Å². The highest BCUT2D eigenvalue weighted by atomic mass is 32.1. The van der Waals surface area contributed by atoms with Crippen molar-refractivity contribution in [3.8, 4) is 11.3 Å². The number of halogens is 1. The number of hydrogen-bond donors (Lipinski definition) is 1. The lowest BCUT2D eigenvalue weighted by Gasteiger charge is -2.04. The fourth-order valence-corrected chi connectivity index (χ4v) is 3.07. The molecule has 26 heavy (non-hydrogen) atoms. The van der Waals surface area contributed by atoms with Gasteiger partial charge < -0.3 is 14.5 Å². The number of carbonyl (C=O) groups is 2. The van der Waals surface area contributed by atoms with Crippen LogP contribution in [0.4, 0.5) is 10.1 Å². The van der Waals surface area contributed by atoms with Gasteiger partial charge >= 0.3 is 5.97 Å². The smallest absolute Gasteiger partial charge is 0.350 e. The highest BCUT2D eigenvalue weighted by molar-refractivity contribution is 7.12. The minimum atomic E-state index is -0.502. The van der Waals surface area contributed by atoms with Crippen molar-refractivity contribution in [3.05, 3.63) is 58.5 Å². The fraction of sp³-hybridized carbons (Fsp3) is 0.167. The van der Waals surface area contributed by atoms with E-state index in [1.54, 1.807) is 29.6 Å². The number of esters is 1. The van der Waals surface area contributed by atoms with E-state index >= 15 is 0 Å². The van der Waals surface area contributed by atoms with Crippen LogP contribution in [-0.4, -0.2) is 24.0 Å². The Morgan fingerprint density at radius 1 is 1.31 bits per heavy atom. The second kappa shape index (κ2) is 7.92. The summed E-state index contributed by atoms with van der Waals surface area (Å²) in [7, 11) is 1.28. The van der Waals surface area contributed by atoms with E-state index in [9.17, 15) is 14.0 Å². The van der Waals surface area contributed by atoms with Crippen LogP contribution in [0.1, 0.15) is 22.0 Å². The number of thiophene rings is 1. The molecule has 2 heterocycles. The van der Waals surface area contributed by atoms with Gasteiger partial charge in [-0.25, -0.2) is 14.2 Å². The van der Waals surface area contributed by atoms with Crippen molar-refractivity contribution in [2.24, 2.45) is 0 Å². The second-order valence-corrected chi connectivity index (χ2v) is 6.22. The van der Waals surface area contributed by atoms with Crippen LogP contribution >= 0.6 is 11.3 Å². The summed E-state index contributed by atoms with van der Waals surface area (Å²) in [6.07, 6.45) is 1.78. The quantitative estimate of drug-likeness (QED) is 0.662. The number of nitrogens with one attached hydrogen (secondary N) is 1. The van der Waals surface area contributed by atoms with Crippen molar-refractivity contribution in [3.63, 3.8) is 0 Å². The van der Waals surface area contributed by atoms with E-state index in [4.69, 9.17) is 4.42 Å². The predicted molar refractivity (Wildman–Crippen MR) is 94.5 cm³/mol. The molecule has 1 amide bonds. The maximum atomic E-state index is 13.8. The van der Waals surface area contributed by atoms with E-state index in [0.29, 0.717) is 27.8 Å². The Labute approximate surface area is 152 Å². The Hall–Kier alpha value is -3.00. The van der Waals surface area contributed by atoms with Gasteiger partial charge in [0.25, 0.3) is 0 Å². The summed E-state index contributed by atoms with van der Waals surface area (Å²) < 4.78 is 23.9. The molecular weight excluding hydrogens is 359 g/mol. The van der Waals surface area contributed by atoms with Crippen molar-refractivity contribution >= 4 is 28.9 Å². The predicted octanol–water partition coefficient (Wildman–Crippen LogP) is 3.90. The normalized spacial score (nSPS) is 10.5. The highest BCUT2D eigenvalue weighted by Gasteiger charge is 2.16. The Bertz CT molecular complexity index is 935. The van der Waals surface area contributed by atoms with E-state index in [-0.39, 0.29) is 18.7 Å². The molecule has 1 aromatic carbocycles. The van der Waals surface area contributed by atoms with E-state index in [2.05, 4.69) is 15.0 Å². The van der Waals surface area contributed by atoms with Crippen molar-refractivity contribution in [1.82, 2.24) is 4.98 Å². The first-order valence-electron chi connectivity index (χ1n) is 7.73. The summed E-state index contributed by atoms with van der Waals surface area (Å²) in [5, 5.41) is 4.36. The third kappa shape index (κ3) is 3.97. The number of carbonyl (C=O) groups excluding carboxylic acids is 2. The van der Waals surface area contributed by atoms with E-state index in [0.717, 1.165) is 0 Å². The van der Waals surface area contributed by atoms with Gasteiger partial charge in [0.1, 0.15) is 10.7 Å². The largest absolute Gasteiger partial charge is 0.465 e. The summed E-state index contributed by atoms with van der Waals surface area (Å²) in [6, 6.07) is 7.86. The van der Waals surface area contributed by atoms with Crippen LogP contribution in [0.15, 0.2) is 46.3 Å². The van der Waals surface area contributed by atoms with Crippen LogP contribution < -0.4 is 5.32 Å². The minimum Gasteiger partial charge on any atom is -0.465 e. The van der Waals surface area contributed by atoms with Crippen LogP contribution in [0.5, 0.6) is 0 Å². The Balaban J connectivity index is 1.60. The Morgan fingerprint density at radius 2 is 2.12 bits per heavy atom. The van der Waals surface area contributed by atoms with Gasteiger partial charge in [-0.3, -0.25) is 4.79 Å². The number of benzene rings is 1. The van der Waals surface area contributed by atoms with Crippen molar-refractivity contribution in [1.29, 1.82) is 0 Å². The Morgan fingerprint density at radius 3 is 2.88 bits per heavy atom. The number of oxazole rings is 1. The zero-order valence-electron chi connectivity index (χ0n) is 13.8. The molecule has 2 aromatic heterocycles. The van der Waals surface area contributed by atoms with Crippen LogP contribution in [0.3, 0.4) is 0 Å². The zero-order valence-corrected chi connectivity index (χ0v) is 14.6. The molecule has 0 saturated carbocycles. The number of rotatable bonds is 6. The molecule has 0 bridgehead atoms. The van der Waals surface area contributed by atoms with Gasteiger partial charge in [0.15, 0.2) is 11.7 Å². The van der Waals surface area contributed by atoms with Crippen molar-refractivity contribution in [2.45, 2.75) is 12.8 Å². The van der Waals surface area contributed by atoms with Crippen LogP contribution in [0.25, 0.3) is 11.3 Å². The van der Waals surface area contributed by atoms with Gasteiger partial charge in [-0.15, -0.1) is 11.3 Å². The number of aryl methyl sites for hydroxylation is 1. The molecule has 0 aliphatic carbocycles. The summed E-state index contributed by atoms with van der Waals surface area (Å²) in [6.45, 7) is 0. The first-order valence-corrected chi connectivity index (χ1v) is 8.61. The number of methoxy groups -OCH3 is 1. The number of hydrogen-bond acceptors (Lipinski definition) is 6. The molecule has 6 nitrogen and oxygen atoms in total. The van der Waals surface area contributed by atoms with Gasteiger partial charge in [-0.05, 0) is 23.6 Å². The lowest BCUT2D eigenvalue weighted by Crippen LogP contribution is -2.14. The summed E-state index contributed by atoms with van der Waals surface area (Å²) in [5.74, 6) is -0.557. The van der Waals surface area contributed by atoms with Gasteiger partial charge in [-0.1, -0.05) is 12.1 Å². The second-order valence-electron chi connectivity index (χ2n) is 5.30. The molecule has 0 atom stereocenters. The minimum absolute atomic E-state index is 0.105. The topological polar surface area (TPSA) is 81.4 Å². The average Bonchev–Trinajstić information content (AvgIpc) is 3.29. The monoisotopic (exact) mass is 374 g/mol. The van der Waals surface area contributed by atoms with Crippen LogP contribution in [-0.2, 0) is 16.0 Å². The van der Waals surface area contributed by atoms with E-state index in [1.165, 1.54) is 30.7 Å². The number of anilines is 1. The van der Waals surface area contributed by atoms with Crippen molar-refractivity contribution < 1.29 is 23.1 Å². The molecule has 0 fully saturated rings. The van der Waals surface area contributed by atoms with Crippen LogP contribution in [0.2, 0.25) is 0 Å². The highest BCUT2D eigenvalue weighted by Crippen LogP contribution is 2.25. The van der Waals surface area contributed by atoms with Gasteiger partial charge in [0.05, 0.1) is 24.6 Å². The molecular formula is C18H15FN2O4S. The number of ether oxygens (including phenoxy) is 1. The molecule has 3 rings (SSSR count). The molecule has 0 saturated heterocycles. The molecule has 0 unspecified atom stereocenters. The SMILES string of the molecule is COC(=O)c1sccc1NC(=O)CCc1ncc(-c2ccccc2F)o1. The fourth-order valence-electron chi connectivity index (χ4n) is 2.30. The van der Waals surface area contributed by atoms with Crippen molar-refractivity contribution in [2.75, 3.05) is 12.4 Å². The zero-order chi connectivity index (χ0) is 18.5. The lowest BCUT2D eigenvalue weighted by atomic mass is 10.2. The maximum absolute atomic E-state index is 13.8. The molecule has 1 N–H and O–H groups in total. The lowest BCUT2D eigenvalue weighted by molar-refractivity contribution is -0.116. The van der Waals surface area contributed by atoms with E-state index < -0.39 is 11.8 Å². The molecule has 0 aliphatic rings. The third-order valence-electron chi connectivity index (χ3n) is 3.57. The summed E-state index contributed by atoms with van der Waals surface area (Å²) in [5.41, 5.74) is 0.725. The van der Waals surface area contributed by atoms with Gasteiger partial charge in [0.2, 0.25) is 5.91 Å². The number of amides is 1. The first-order chi connectivity index (χ1) is 12.6. The molecule has 134 valence electrons. The maximum Gasteiger partial charge on any atom is 0.350 e. The Kier molecular flexibility index (Phi) is 5.43. The summed E-state index contributed by atoms with van der Waals surface area (Å²) >= 11 is 1.19. The molecule has 8 heteroatoms. The molecule has 3 aromatic rings. The summed E-state index contributed by atoms with van der Waals surface area (Å²) in [4.78, 5) is 28.1. The average molecular weight is 374 g/mol. The van der Waals surface area contributed by atoms with Gasteiger partial charge in [-0.2, -0.15) is 0 Å². The molecule has 0 aliphatic heterocycles. The first kappa shape index (κ1) is 17.8. The number of aromatic nitrogens is 1. The molecule has 0 radical (unpaired) electrons. The third-order valence-corrected chi connectivity index (χ3v) is 4.46. The van der Waals surface area contributed by atoms with Gasteiger partial charge in [0, 0.05) is 12.8 Å².